The molecule has 0 fully saturated rings. The zero-order valence-electron chi connectivity index (χ0n) is 11.1. The van der Waals surface area contributed by atoms with Gasteiger partial charge in [0.1, 0.15) is 0 Å². The molecule has 0 atom stereocenters. The van der Waals surface area contributed by atoms with Gasteiger partial charge in [-0.3, -0.25) is 4.79 Å². The van der Waals surface area contributed by atoms with Gasteiger partial charge in [0.15, 0.2) is 0 Å². The molecule has 0 aliphatic rings. The Labute approximate surface area is 110 Å². The SMILES string of the molecule is CCCN(C)C(=O)c1cccc(C(F)(F)F)c1NC. The number of hydrogen-bond donors (Lipinski definition) is 1. The Kier molecular flexibility index (Phi) is 4.80. The van der Waals surface area contributed by atoms with Crippen molar-refractivity contribution in [2.24, 2.45) is 0 Å². The van der Waals surface area contributed by atoms with Crippen molar-refractivity contribution in [1.29, 1.82) is 0 Å². The maximum atomic E-state index is 12.9. The molecule has 0 saturated heterocycles. The summed E-state index contributed by atoms with van der Waals surface area (Å²) in [7, 11) is 2.95. The van der Waals surface area contributed by atoms with Gasteiger partial charge in [-0.25, -0.2) is 0 Å². The van der Waals surface area contributed by atoms with Crippen LogP contribution in [0, 0.1) is 0 Å². The standard InChI is InChI=1S/C13H17F3N2O/c1-4-8-18(3)12(19)9-6-5-7-10(11(9)17-2)13(14,15)16/h5-7,17H,4,8H2,1-3H3. The third kappa shape index (κ3) is 3.39. The van der Waals surface area contributed by atoms with Crippen LogP contribution in [0.1, 0.15) is 29.3 Å². The van der Waals surface area contributed by atoms with Gasteiger partial charge in [0, 0.05) is 20.6 Å². The fourth-order valence-corrected chi connectivity index (χ4v) is 1.88. The van der Waals surface area contributed by atoms with Crippen LogP contribution in [0.2, 0.25) is 0 Å². The molecule has 0 spiro atoms. The van der Waals surface area contributed by atoms with E-state index in [1.807, 2.05) is 6.92 Å². The van der Waals surface area contributed by atoms with E-state index in [1.165, 1.54) is 24.1 Å². The topological polar surface area (TPSA) is 32.3 Å². The number of carbonyl (C=O) groups excluding carboxylic acids is 1. The molecule has 0 radical (unpaired) electrons. The first-order valence-electron chi connectivity index (χ1n) is 5.96. The summed E-state index contributed by atoms with van der Waals surface area (Å²) in [4.78, 5) is 13.5. The van der Waals surface area contributed by atoms with E-state index in [2.05, 4.69) is 5.32 Å². The molecule has 1 N–H and O–H groups in total. The number of carbonyl (C=O) groups is 1. The van der Waals surface area contributed by atoms with Gasteiger partial charge in [-0.15, -0.1) is 0 Å². The van der Waals surface area contributed by atoms with Crippen LogP contribution in [0.15, 0.2) is 18.2 Å². The van der Waals surface area contributed by atoms with Gasteiger partial charge in [-0.2, -0.15) is 13.2 Å². The number of hydrogen-bond acceptors (Lipinski definition) is 2. The predicted octanol–water partition coefficient (Wildman–Crippen LogP) is 3.23. The van der Waals surface area contributed by atoms with Crippen molar-refractivity contribution in [3.8, 4) is 0 Å². The van der Waals surface area contributed by atoms with Gasteiger partial charge < -0.3 is 10.2 Å². The third-order valence-corrected chi connectivity index (χ3v) is 2.76. The molecule has 6 heteroatoms. The lowest BCUT2D eigenvalue weighted by atomic mass is 10.1. The number of amides is 1. The summed E-state index contributed by atoms with van der Waals surface area (Å²) in [5, 5.41) is 2.48. The fraction of sp³-hybridized carbons (Fsp3) is 0.462. The zero-order chi connectivity index (χ0) is 14.6. The molecule has 1 rings (SSSR count). The zero-order valence-corrected chi connectivity index (χ0v) is 11.1. The van der Waals surface area contributed by atoms with E-state index in [4.69, 9.17) is 0 Å². The summed E-state index contributed by atoms with van der Waals surface area (Å²) in [6, 6.07) is 3.61. The molecule has 106 valence electrons. The Hall–Kier alpha value is -1.72. The van der Waals surface area contributed by atoms with E-state index in [0.29, 0.717) is 6.54 Å². The van der Waals surface area contributed by atoms with E-state index < -0.39 is 17.6 Å². The number of nitrogens with one attached hydrogen (secondary N) is 1. The molecule has 0 aliphatic heterocycles. The highest BCUT2D eigenvalue weighted by molar-refractivity contribution is 6.00. The highest BCUT2D eigenvalue weighted by Crippen LogP contribution is 2.36. The van der Waals surface area contributed by atoms with Crippen molar-refractivity contribution < 1.29 is 18.0 Å². The molecule has 1 amide bonds. The minimum atomic E-state index is -4.49. The molecule has 3 nitrogen and oxygen atoms in total. The van der Waals surface area contributed by atoms with Crippen molar-refractivity contribution in [3.63, 3.8) is 0 Å². The first-order valence-corrected chi connectivity index (χ1v) is 5.96. The largest absolute Gasteiger partial charge is 0.418 e. The Morgan fingerprint density at radius 1 is 1.37 bits per heavy atom. The second-order valence-corrected chi connectivity index (χ2v) is 4.20. The Morgan fingerprint density at radius 2 is 2.00 bits per heavy atom. The number of rotatable bonds is 4. The molecular formula is C13H17F3N2O. The second-order valence-electron chi connectivity index (χ2n) is 4.20. The average molecular weight is 274 g/mol. The van der Waals surface area contributed by atoms with Crippen LogP contribution in [0.25, 0.3) is 0 Å². The van der Waals surface area contributed by atoms with Crippen LogP contribution in [-0.4, -0.2) is 31.4 Å². The molecule has 0 bridgehead atoms. The maximum absolute atomic E-state index is 12.9. The number of anilines is 1. The maximum Gasteiger partial charge on any atom is 0.418 e. The van der Waals surface area contributed by atoms with Crippen molar-refractivity contribution in [2.75, 3.05) is 26.0 Å². The van der Waals surface area contributed by atoms with Gasteiger partial charge in [0.05, 0.1) is 16.8 Å². The minimum Gasteiger partial charge on any atom is -0.387 e. The van der Waals surface area contributed by atoms with E-state index in [-0.39, 0.29) is 11.3 Å². The number of alkyl halides is 3. The lowest BCUT2D eigenvalue weighted by Crippen LogP contribution is -2.28. The molecule has 1 aromatic rings. The van der Waals surface area contributed by atoms with Crippen molar-refractivity contribution in [1.82, 2.24) is 4.90 Å². The number of halogens is 3. The molecule has 19 heavy (non-hydrogen) atoms. The van der Waals surface area contributed by atoms with Crippen LogP contribution in [0.5, 0.6) is 0 Å². The molecule has 0 aromatic heterocycles. The lowest BCUT2D eigenvalue weighted by Gasteiger charge is -2.20. The van der Waals surface area contributed by atoms with E-state index >= 15 is 0 Å². The van der Waals surface area contributed by atoms with Crippen LogP contribution in [-0.2, 0) is 6.18 Å². The highest BCUT2D eigenvalue weighted by Gasteiger charge is 2.35. The smallest absolute Gasteiger partial charge is 0.387 e. The van der Waals surface area contributed by atoms with Crippen molar-refractivity contribution >= 4 is 11.6 Å². The highest BCUT2D eigenvalue weighted by atomic mass is 19.4. The van der Waals surface area contributed by atoms with Gasteiger partial charge >= 0.3 is 6.18 Å². The van der Waals surface area contributed by atoms with Gasteiger partial charge in [-0.05, 0) is 18.6 Å². The molecule has 0 unspecified atom stereocenters. The Balaban J connectivity index is 3.26. The fourth-order valence-electron chi connectivity index (χ4n) is 1.88. The van der Waals surface area contributed by atoms with Gasteiger partial charge in [0.25, 0.3) is 5.91 Å². The van der Waals surface area contributed by atoms with Crippen LogP contribution in [0.3, 0.4) is 0 Å². The molecular weight excluding hydrogens is 257 g/mol. The monoisotopic (exact) mass is 274 g/mol. The van der Waals surface area contributed by atoms with E-state index in [0.717, 1.165) is 12.5 Å². The van der Waals surface area contributed by atoms with Crippen LogP contribution in [0.4, 0.5) is 18.9 Å². The molecule has 1 aromatic carbocycles. The third-order valence-electron chi connectivity index (χ3n) is 2.76. The summed E-state index contributed by atoms with van der Waals surface area (Å²) in [5.74, 6) is -0.419. The Bertz CT molecular complexity index is 458. The molecule has 0 saturated carbocycles. The Morgan fingerprint density at radius 3 is 2.47 bits per heavy atom. The lowest BCUT2D eigenvalue weighted by molar-refractivity contribution is -0.136. The predicted molar refractivity (Wildman–Crippen MR) is 68.2 cm³/mol. The molecule has 0 heterocycles. The summed E-state index contributed by atoms with van der Waals surface area (Å²) in [5.41, 5.74) is -0.970. The number of benzene rings is 1. The number of nitrogens with zero attached hydrogens (tertiary/aromatic N) is 1. The van der Waals surface area contributed by atoms with E-state index in [1.54, 1.807) is 7.05 Å². The van der Waals surface area contributed by atoms with E-state index in [9.17, 15) is 18.0 Å². The molecule has 0 aliphatic carbocycles. The van der Waals surface area contributed by atoms with Crippen LogP contribution >= 0.6 is 0 Å². The van der Waals surface area contributed by atoms with Crippen LogP contribution < -0.4 is 5.32 Å². The van der Waals surface area contributed by atoms with Gasteiger partial charge in [0.2, 0.25) is 0 Å². The quantitative estimate of drug-likeness (QED) is 0.914. The average Bonchev–Trinajstić information content (AvgIpc) is 2.36. The van der Waals surface area contributed by atoms with Crippen molar-refractivity contribution in [2.45, 2.75) is 19.5 Å². The van der Waals surface area contributed by atoms with Crippen molar-refractivity contribution in [3.05, 3.63) is 29.3 Å². The van der Waals surface area contributed by atoms with Gasteiger partial charge in [-0.1, -0.05) is 13.0 Å². The second kappa shape index (κ2) is 5.95. The summed E-state index contributed by atoms with van der Waals surface area (Å²) in [6.45, 7) is 2.40. The summed E-state index contributed by atoms with van der Waals surface area (Å²) >= 11 is 0. The summed E-state index contributed by atoms with van der Waals surface area (Å²) < 4.78 is 38.6. The normalized spacial score (nSPS) is 11.3. The summed E-state index contributed by atoms with van der Waals surface area (Å²) in [6.07, 6.45) is -3.74. The number of para-hydroxylation sites is 1. The first kappa shape index (κ1) is 15.3. The first-order chi connectivity index (χ1) is 8.82. The minimum absolute atomic E-state index is 0.0354.